The second-order valence-corrected chi connectivity index (χ2v) is 4.17. The molecule has 0 atom stereocenters. The Hall–Kier alpha value is -2.62. The number of hydrogen-bond donors (Lipinski definition) is 0. The van der Waals surface area contributed by atoms with E-state index in [2.05, 4.69) is 4.74 Å². The molecule has 20 heavy (non-hydrogen) atoms. The molecule has 0 aliphatic rings. The van der Waals surface area contributed by atoms with Crippen LogP contribution in [0.4, 0.5) is 0 Å². The first-order valence-electron chi connectivity index (χ1n) is 6.08. The number of carbonyl (C=O) groups is 2. The summed E-state index contributed by atoms with van der Waals surface area (Å²) in [4.78, 5) is 22.8. The molecule has 0 fully saturated rings. The van der Waals surface area contributed by atoms with Crippen molar-refractivity contribution in [3.8, 4) is 11.5 Å². The molecule has 102 valence electrons. The van der Waals surface area contributed by atoms with Gasteiger partial charge in [-0.1, -0.05) is 12.1 Å². The van der Waals surface area contributed by atoms with Crippen LogP contribution < -0.4 is 4.74 Å². The summed E-state index contributed by atoms with van der Waals surface area (Å²) in [5, 5.41) is 0. The van der Waals surface area contributed by atoms with Crippen molar-refractivity contribution in [2.75, 3.05) is 7.11 Å². The molecule has 4 nitrogen and oxygen atoms in total. The predicted molar refractivity (Wildman–Crippen MR) is 74.3 cm³/mol. The van der Waals surface area contributed by atoms with Crippen molar-refractivity contribution in [3.63, 3.8) is 0 Å². The van der Waals surface area contributed by atoms with Crippen LogP contribution in [0.1, 0.15) is 27.6 Å². The van der Waals surface area contributed by atoms with E-state index < -0.39 is 5.97 Å². The highest BCUT2D eigenvalue weighted by Crippen LogP contribution is 2.25. The number of para-hydroxylation sites is 1. The summed E-state index contributed by atoms with van der Waals surface area (Å²) in [7, 11) is 1.33. The summed E-state index contributed by atoms with van der Waals surface area (Å²) in [5.74, 6) is 0.574. The van der Waals surface area contributed by atoms with Crippen LogP contribution >= 0.6 is 0 Å². The number of rotatable bonds is 4. The molecule has 0 N–H and O–H groups in total. The number of benzene rings is 2. The standard InChI is InChI=1S/C16H14O4/c1-11(17)14-5-3-4-6-15(14)20-13-9-7-12(8-10-13)16(18)19-2/h3-10H,1-2H3. The van der Waals surface area contributed by atoms with Crippen molar-refractivity contribution < 1.29 is 19.1 Å². The van der Waals surface area contributed by atoms with Gasteiger partial charge in [-0.3, -0.25) is 4.79 Å². The highest BCUT2D eigenvalue weighted by molar-refractivity contribution is 5.96. The van der Waals surface area contributed by atoms with Crippen LogP contribution in [0.5, 0.6) is 11.5 Å². The smallest absolute Gasteiger partial charge is 0.337 e. The van der Waals surface area contributed by atoms with E-state index in [0.29, 0.717) is 22.6 Å². The Morgan fingerprint density at radius 3 is 2.20 bits per heavy atom. The molecule has 0 unspecified atom stereocenters. The molecule has 0 radical (unpaired) electrons. The lowest BCUT2D eigenvalue weighted by molar-refractivity contribution is 0.0600. The van der Waals surface area contributed by atoms with Gasteiger partial charge in [0.05, 0.1) is 18.2 Å². The van der Waals surface area contributed by atoms with Crippen molar-refractivity contribution in [1.82, 2.24) is 0 Å². The number of ketones is 1. The number of hydrogen-bond acceptors (Lipinski definition) is 4. The molecule has 0 aromatic heterocycles. The van der Waals surface area contributed by atoms with E-state index in [1.807, 2.05) is 0 Å². The fraction of sp³-hybridized carbons (Fsp3) is 0.125. The van der Waals surface area contributed by atoms with Gasteiger partial charge < -0.3 is 9.47 Å². The number of methoxy groups -OCH3 is 1. The van der Waals surface area contributed by atoms with Gasteiger partial charge in [0, 0.05) is 0 Å². The SMILES string of the molecule is COC(=O)c1ccc(Oc2ccccc2C(C)=O)cc1. The zero-order chi connectivity index (χ0) is 14.5. The highest BCUT2D eigenvalue weighted by Gasteiger charge is 2.09. The first-order valence-corrected chi connectivity index (χ1v) is 6.08. The maximum Gasteiger partial charge on any atom is 0.337 e. The maximum atomic E-state index is 11.5. The van der Waals surface area contributed by atoms with E-state index >= 15 is 0 Å². The summed E-state index contributed by atoms with van der Waals surface area (Å²) in [5.41, 5.74) is 0.962. The fourth-order valence-corrected chi connectivity index (χ4v) is 1.75. The van der Waals surface area contributed by atoms with E-state index in [9.17, 15) is 9.59 Å². The van der Waals surface area contributed by atoms with Crippen LogP contribution in [0, 0.1) is 0 Å². The van der Waals surface area contributed by atoms with Gasteiger partial charge in [0.1, 0.15) is 11.5 Å². The van der Waals surface area contributed by atoms with Gasteiger partial charge in [0.15, 0.2) is 5.78 Å². The topological polar surface area (TPSA) is 52.6 Å². The van der Waals surface area contributed by atoms with Crippen molar-refractivity contribution in [1.29, 1.82) is 0 Å². The third kappa shape index (κ3) is 3.03. The Balaban J connectivity index is 2.23. The van der Waals surface area contributed by atoms with Gasteiger partial charge in [0.25, 0.3) is 0 Å². The first kappa shape index (κ1) is 13.8. The monoisotopic (exact) mass is 270 g/mol. The second-order valence-electron chi connectivity index (χ2n) is 4.17. The number of Topliss-reactive ketones (excluding diaryl/α,β-unsaturated/α-hetero) is 1. The third-order valence-electron chi connectivity index (χ3n) is 2.77. The Kier molecular flexibility index (Phi) is 4.15. The molecule has 0 saturated carbocycles. The molecule has 2 rings (SSSR count). The van der Waals surface area contributed by atoms with Crippen LogP contribution in [-0.2, 0) is 4.74 Å². The molecular formula is C16H14O4. The van der Waals surface area contributed by atoms with E-state index in [-0.39, 0.29) is 5.78 Å². The van der Waals surface area contributed by atoms with Gasteiger partial charge in [-0.2, -0.15) is 0 Å². The van der Waals surface area contributed by atoms with Gasteiger partial charge in [0.2, 0.25) is 0 Å². The molecule has 4 heteroatoms. The normalized spacial score (nSPS) is 9.90. The highest BCUT2D eigenvalue weighted by atomic mass is 16.5. The third-order valence-corrected chi connectivity index (χ3v) is 2.77. The first-order chi connectivity index (χ1) is 9.61. The van der Waals surface area contributed by atoms with Crippen molar-refractivity contribution in [3.05, 3.63) is 59.7 Å². The second kappa shape index (κ2) is 6.02. The van der Waals surface area contributed by atoms with Crippen molar-refractivity contribution in [2.45, 2.75) is 6.92 Å². The zero-order valence-corrected chi connectivity index (χ0v) is 11.3. The number of carbonyl (C=O) groups excluding carboxylic acids is 2. The van der Waals surface area contributed by atoms with Gasteiger partial charge in [-0.05, 0) is 43.3 Å². The largest absolute Gasteiger partial charge is 0.465 e. The minimum Gasteiger partial charge on any atom is -0.465 e. The van der Waals surface area contributed by atoms with Crippen LogP contribution in [-0.4, -0.2) is 18.9 Å². The molecular weight excluding hydrogens is 256 g/mol. The number of ether oxygens (including phenoxy) is 2. The maximum absolute atomic E-state index is 11.5. The minimum atomic E-state index is -0.402. The summed E-state index contributed by atoms with van der Waals surface area (Å²) >= 11 is 0. The lowest BCUT2D eigenvalue weighted by atomic mass is 10.1. The van der Waals surface area contributed by atoms with Crippen LogP contribution in [0.3, 0.4) is 0 Å². The average molecular weight is 270 g/mol. The lowest BCUT2D eigenvalue weighted by Gasteiger charge is -2.09. The van der Waals surface area contributed by atoms with Gasteiger partial charge in [-0.25, -0.2) is 4.79 Å². The molecule has 2 aromatic carbocycles. The van der Waals surface area contributed by atoms with Gasteiger partial charge in [-0.15, -0.1) is 0 Å². The van der Waals surface area contributed by atoms with Crippen molar-refractivity contribution in [2.24, 2.45) is 0 Å². The zero-order valence-electron chi connectivity index (χ0n) is 11.3. The Bertz CT molecular complexity index is 629. The molecule has 2 aromatic rings. The lowest BCUT2D eigenvalue weighted by Crippen LogP contribution is -2.01. The predicted octanol–water partition coefficient (Wildman–Crippen LogP) is 3.47. The summed E-state index contributed by atoms with van der Waals surface area (Å²) in [6.07, 6.45) is 0. The summed E-state index contributed by atoms with van der Waals surface area (Å²) < 4.78 is 10.3. The molecule has 0 amide bonds. The van der Waals surface area contributed by atoms with E-state index in [0.717, 1.165) is 0 Å². The van der Waals surface area contributed by atoms with E-state index in [1.54, 1.807) is 48.5 Å². The summed E-state index contributed by atoms with van der Waals surface area (Å²) in [6.45, 7) is 1.49. The Morgan fingerprint density at radius 2 is 1.60 bits per heavy atom. The minimum absolute atomic E-state index is 0.0632. The molecule has 0 saturated heterocycles. The quantitative estimate of drug-likeness (QED) is 0.630. The van der Waals surface area contributed by atoms with Gasteiger partial charge >= 0.3 is 5.97 Å². The van der Waals surface area contributed by atoms with E-state index in [1.165, 1.54) is 14.0 Å². The van der Waals surface area contributed by atoms with Crippen LogP contribution in [0.25, 0.3) is 0 Å². The molecule has 0 heterocycles. The average Bonchev–Trinajstić information content (AvgIpc) is 2.47. The Labute approximate surface area is 116 Å². The van der Waals surface area contributed by atoms with E-state index in [4.69, 9.17) is 4.74 Å². The molecule has 0 aliphatic carbocycles. The van der Waals surface area contributed by atoms with Crippen molar-refractivity contribution >= 4 is 11.8 Å². The van der Waals surface area contributed by atoms with Crippen LogP contribution in [0.2, 0.25) is 0 Å². The number of esters is 1. The molecule has 0 bridgehead atoms. The molecule has 0 aliphatic heterocycles. The summed E-state index contributed by atoms with van der Waals surface area (Å²) in [6, 6.07) is 13.5. The molecule has 0 spiro atoms. The van der Waals surface area contributed by atoms with Crippen LogP contribution in [0.15, 0.2) is 48.5 Å². The Morgan fingerprint density at radius 1 is 0.950 bits per heavy atom. The fourth-order valence-electron chi connectivity index (χ4n) is 1.75.